The molecule has 0 aliphatic heterocycles. The fourth-order valence-corrected chi connectivity index (χ4v) is 2.22. The van der Waals surface area contributed by atoms with E-state index in [1.807, 2.05) is 36.4 Å². The molecule has 0 aliphatic carbocycles. The Morgan fingerprint density at radius 1 is 0.722 bits per heavy atom. The van der Waals surface area contributed by atoms with Crippen LogP contribution in [0, 0.1) is 0 Å². The van der Waals surface area contributed by atoms with E-state index in [0.29, 0.717) is 0 Å². The second-order valence-corrected chi connectivity index (χ2v) is 4.27. The first kappa shape index (κ1) is 10.7. The molecule has 3 rings (SSSR count). The zero-order valence-corrected chi connectivity index (χ0v) is 9.84. The molecule has 0 atom stereocenters. The molecular weight excluding hydrogens is 220 g/mol. The summed E-state index contributed by atoms with van der Waals surface area (Å²) in [6, 6.07) is 22.2. The zero-order valence-electron chi connectivity index (χ0n) is 9.84. The zero-order chi connectivity index (χ0) is 12.4. The summed E-state index contributed by atoms with van der Waals surface area (Å²) in [6.45, 7) is 0. The van der Waals surface area contributed by atoms with Gasteiger partial charge >= 0.3 is 0 Å². The number of hydrogen-bond donors (Lipinski definition) is 0. The van der Waals surface area contributed by atoms with E-state index in [1.165, 1.54) is 10.8 Å². The van der Waals surface area contributed by atoms with E-state index in [-0.39, 0.29) is 0 Å². The predicted octanol–water partition coefficient (Wildman–Crippen LogP) is 4.32. The molecule has 0 spiro atoms. The predicted molar refractivity (Wildman–Crippen MR) is 74.8 cm³/mol. The van der Waals surface area contributed by atoms with Crippen LogP contribution >= 0.6 is 0 Å². The Kier molecular flexibility index (Phi) is 2.66. The molecule has 1 heteroatoms. The number of aldehydes is 1. The van der Waals surface area contributed by atoms with E-state index in [9.17, 15) is 4.79 Å². The summed E-state index contributed by atoms with van der Waals surface area (Å²) in [4.78, 5) is 11.1. The van der Waals surface area contributed by atoms with Gasteiger partial charge in [0.2, 0.25) is 0 Å². The lowest BCUT2D eigenvalue weighted by Gasteiger charge is -2.06. The van der Waals surface area contributed by atoms with Crippen LogP contribution in [0.15, 0.2) is 66.7 Å². The van der Waals surface area contributed by atoms with Crippen molar-refractivity contribution in [3.8, 4) is 11.1 Å². The van der Waals surface area contributed by atoms with Crippen molar-refractivity contribution in [3.63, 3.8) is 0 Å². The maximum Gasteiger partial charge on any atom is 0.150 e. The van der Waals surface area contributed by atoms with Crippen molar-refractivity contribution in [1.29, 1.82) is 0 Å². The Hall–Kier alpha value is -2.41. The Labute approximate surface area is 106 Å². The monoisotopic (exact) mass is 232 g/mol. The van der Waals surface area contributed by atoms with Crippen LogP contribution in [0.25, 0.3) is 21.9 Å². The fourth-order valence-electron chi connectivity index (χ4n) is 2.22. The highest BCUT2D eigenvalue weighted by molar-refractivity contribution is 5.92. The van der Waals surface area contributed by atoms with Gasteiger partial charge in [-0.15, -0.1) is 0 Å². The number of benzene rings is 3. The molecule has 0 saturated heterocycles. The largest absolute Gasteiger partial charge is 0.298 e. The van der Waals surface area contributed by atoms with Crippen LogP contribution in [0.4, 0.5) is 0 Å². The van der Waals surface area contributed by atoms with Crippen molar-refractivity contribution in [2.24, 2.45) is 0 Å². The van der Waals surface area contributed by atoms with Crippen molar-refractivity contribution < 1.29 is 4.79 Å². The van der Waals surface area contributed by atoms with Gasteiger partial charge in [-0.05, 0) is 28.0 Å². The van der Waals surface area contributed by atoms with E-state index in [4.69, 9.17) is 0 Å². The fraction of sp³-hybridized carbons (Fsp3) is 0. The van der Waals surface area contributed by atoms with Gasteiger partial charge in [-0.3, -0.25) is 4.79 Å². The summed E-state index contributed by atoms with van der Waals surface area (Å²) in [5, 5.41) is 2.40. The van der Waals surface area contributed by atoms with Gasteiger partial charge in [0.05, 0.1) is 0 Å². The first-order valence-corrected chi connectivity index (χ1v) is 5.92. The van der Waals surface area contributed by atoms with Gasteiger partial charge in [-0.2, -0.15) is 0 Å². The van der Waals surface area contributed by atoms with Gasteiger partial charge in [0.15, 0.2) is 6.29 Å². The van der Waals surface area contributed by atoms with E-state index < -0.39 is 0 Å². The third-order valence-corrected chi connectivity index (χ3v) is 3.15. The van der Waals surface area contributed by atoms with Crippen LogP contribution in [0.5, 0.6) is 0 Å². The first-order valence-electron chi connectivity index (χ1n) is 5.92. The molecule has 3 aromatic rings. The van der Waals surface area contributed by atoms with Gasteiger partial charge in [-0.25, -0.2) is 0 Å². The number of hydrogen-bond acceptors (Lipinski definition) is 1. The smallest absolute Gasteiger partial charge is 0.150 e. The average molecular weight is 232 g/mol. The lowest BCUT2D eigenvalue weighted by Crippen LogP contribution is -1.86. The quantitative estimate of drug-likeness (QED) is 0.601. The van der Waals surface area contributed by atoms with Crippen molar-refractivity contribution in [2.75, 3.05) is 0 Å². The van der Waals surface area contributed by atoms with Crippen LogP contribution in [0.2, 0.25) is 0 Å². The van der Waals surface area contributed by atoms with E-state index in [2.05, 4.69) is 30.3 Å². The molecule has 0 aromatic heterocycles. The van der Waals surface area contributed by atoms with Crippen LogP contribution < -0.4 is 0 Å². The topological polar surface area (TPSA) is 17.1 Å². The maximum atomic E-state index is 11.1. The van der Waals surface area contributed by atoms with Crippen LogP contribution in [-0.4, -0.2) is 6.29 Å². The molecule has 0 unspecified atom stereocenters. The van der Waals surface area contributed by atoms with E-state index in [1.54, 1.807) is 0 Å². The molecule has 1 nitrogen and oxygen atoms in total. The molecule has 0 aliphatic rings. The van der Waals surface area contributed by atoms with Gasteiger partial charge in [0.25, 0.3) is 0 Å². The highest BCUT2D eigenvalue weighted by atomic mass is 16.1. The van der Waals surface area contributed by atoms with Crippen molar-refractivity contribution in [3.05, 3.63) is 72.3 Å². The van der Waals surface area contributed by atoms with Crippen molar-refractivity contribution in [1.82, 2.24) is 0 Å². The van der Waals surface area contributed by atoms with Gasteiger partial charge in [-0.1, -0.05) is 60.7 Å². The standard InChI is InChI=1S/C17H12O/c18-12-16-7-3-4-8-17(16)15-10-9-13-5-1-2-6-14(13)11-15/h1-12H. The number of carbonyl (C=O) groups excluding carboxylic acids is 1. The maximum absolute atomic E-state index is 11.1. The molecule has 0 radical (unpaired) electrons. The normalized spacial score (nSPS) is 10.4. The molecule has 0 amide bonds. The minimum absolute atomic E-state index is 0.729. The summed E-state index contributed by atoms with van der Waals surface area (Å²) in [5.74, 6) is 0. The third kappa shape index (κ3) is 1.80. The first-order chi connectivity index (χ1) is 8.88. The van der Waals surface area contributed by atoms with Crippen LogP contribution in [0.3, 0.4) is 0 Å². The highest BCUT2D eigenvalue weighted by Crippen LogP contribution is 2.26. The summed E-state index contributed by atoms with van der Waals surface area (Å²) >= 11 is 0. The van der Waals surface area contributed by atoms with Gasteiger partial charge < -0.3 is 0 Å². The number of fused-ring (bicyclic) bond motifs is 1. The molecule has 18 heavy (non-hydrogen) atoms. The van der Waals surface area contributed by atoms with E-state index in [0.717, 1.165) is 23.0 Å². The Bertz CT molecular complexity index is 713. The minimum atomic E-state index is 0.729. The molecule has 0 bridgehead atoms. The van der Waals surface area contributed by atoms with Crippen molar-refractivity contribution >= 4 is 17.1 Å². The third-order valence-electron chi connectivity index (χ3n) is 3.15. The minimum Gasteiger partial charge on any atom is -0.298 e. The summed E-state index contributed by atoms with van der Waals surface area (Å²) in [5.41, 5.74) is 2.79. The number of carbonyl (C=O) groups is 1. The summed E-state index contributed by atoms with van der Waals surface area (Å²) < 4.78 is 0. The average Bonchev–Trinajstić information content (AvgIpc) is 2.46. The van der Waals surface area contributed by atoms with Gasteiger partial charge in [0.1, 0.15) is 0 Å². The van der Waals surface area contributed by atoms with Crippen molar-refractivity contribution in [2.45, 2.75) is 0 Å². The lowest BCUT2D eigenvalue weighted by molar-refractivity contribution is 0.112. The lowest BCUT2D eigenvalue weighted by atomic mass is 9.98. The van der Waals surface area contributed by atoms with Crippen LogP contribution in [0.1, 0.15) is 10.4 Å². The molecule has 3 aromatic carbocycles. The molecule has 0 N–H and O–H groups in total. The second kappa shape index (κ2) is 4.46. The molecule has 86 valence electrons. The Balaban J connectivity index is 2.22. The molecule has 0 heterocycles. The molecule has 0 saturated carbocycles. The Morgan fingerprint density at radius 2 is 1.44 bits per heavy atom. The number of rotatable bonds is 2. The highest BCUT2D eigenvalue weighted by Gasteiger charge is 2.04. The Morgan fingerprint density at radius 3 is 2.28 bits per heavy atom. The molecular formula is C17H12O. The van der Waals surface area contributed by atoms with Gasteiger partial charge in [0, 0.05) is 5.56 Å². The SMILES string of the molecule is O=Cc1ccccc1-c1ccc2ccccc2c1. The molecule has 0 fully saturated rings. The van der Waals surface area contributed by atoms with Crippen LogP contribution in [-0.2, 0) is 0 Å². The second-order valence-electron chi connectivity index (χ2n) is 4.27. The summed E-state index contributed by atoms with van der Waals surface area (Å²) in [6.07, 6.45) is 0.907. The van der Waals surface area contributed by atoms with E-state index >= 15 is 0 Å². The summed E-state index contributed by atoms with van der Waals surface area (Å²) in [7, 11) is 0.